The lowest BCUT2D eigenvalue weighted by molar-refractivity contribution is 0.00772. The molecule has 1 aliphatic heterocycles. The molecule has 2 aromatic carbocycles. The van der Waals surface area contributed by atoms with Gasteiger partial charge in [0.15, 0.2) is 0 Å². The summed E-state index contributed by atoms with van der Waals surface area (Å²) in [6.07, 6.45) is -0.229. The number of ether oxygens (including phenoxy) is 2. The minimum Gasteiger partial charge on any atom is -0.465 e. The number of methoxy groups -OCH3 is 1. The van der Waals surface area contributed by atoms with Crippen LogP contribution in [0.2, 0.25) is 5.02 Å². The summed E-state index contributed by atoms with van der Waals surface area (Å²) in [6, 6.07) is 18.1. The standard InChI is InChI=1S/C25H27ClN2O5S2/c1-32-25(29)21-6-4-19(5-7-21)18-33-23(20-8-10-22(26)11-9-20)17-27-12-14-28(15-13-27)35(30,31)24-3-2-16-34-24/h2-11,16,23H,12-15,17-18H2,1H3. The van der Waals surface area contributed by atoms with Crippen LogP contribution in [0.5, 0.6) is 0 Å². The Kier molecular flexibility index (Phi) is 8.59. The second-order valence-electron chi connectivity index (χ2n) is 8.18. The molecular weight excluding hydrogens is 508 g/mol. The monoisotopic (exact) mass is 534 g/mol. The Morgan fingerprint density at radius 1 is 1.03 bits per heavy atom. The Bertz CT molecular complexity index is 1210. The molecule has 1 aromatic heterocycles. The Morgan fingerprint density at radius 2 is 1.71 bits per heavy atom. The lowest BCUT2D eigenvalue weighted by Crippen LogP contribution is -2.49. The van der Waals surface area contributed by atoms with Gasteiger partial charge in [-0.25, -0.2) is 13.2 Å². The van der Waals surface area contributed by atoms with Gasteiger partial charge in [0.05, 0.1) is 25.4 Å². The summed E-state index contributed by atoms with van der Waals surface area (Å²) in [6.45, 7) is 3.08. The molecule has 1 atom stereocenters. The number of sulfonamides is 1. The molecule has 10 heteroatoms. The Balaban J connectivity index is 1.40. The molecule has 0 aliphatic carbocycles. The van der Waals surface area contributed by atoms with Crippen molar-refractivity contribution in [3.8, 4) is 0 Å². The van der Waals surface area contributed by atoms with Crippen molar-refractivity contribution < 1.29 is 22.7 Å². The number of benzene rings is 2. The Hall–Kier alpha value is -2.27. The van der Waals surface area contributed by atoms with Crippen molar-refractivity contribution in [2.45, 2.75) is 16.9 Å². The summed E-state index contributed by atoms with van der Waals surface area (Å²) in [5, 5.41) is 2.43. The lowest BCUT2D eigenvalue weighted by atomic mass is 10.1. The number of esters is 1. The first-order valence-corrected chi connectivity index (χ1v) is 13.9. The molecule has 1 aliphatic rings. The van der Waals surface area contributed by atoms with E-state index in [9.17, 15) is 13.2 Å². The Labute approximate surface area is 214 Å². The molecule has 35 heavy (non-hydrogen) atoms. The third kappa shape index (κ3) is 6.49. The van der Waals surface area contributed by atoms with Crippen LogP contribution in [0.25, 0.3) is 0 Å². The van der Waals surface area contributed by atoms with Crippen LogP contribution in [0.15, 0.2) is 70.3 Å². The van der Waals surface area contributed by atoms with Crippen LogP contribution < -0.4 is 0 Å². The smallest absolute Gasteiger partial charge is 0.337 e. The molecule has 7 nitrogen and oxygen atoms in total. The SMILES string of the molecule is COC(=O)c1ccc(COC(CN2CCN(S(=O)(=O)c3cccs3)CC2)c2ccc(Cl)cc2)cc1. The predicted octanol–water partition coefficient (Wildman–Crippen LogP) is 4.45. The van der Waals surface area contributed by atoms with Gasteiger partial charge in [0.25, 0.3) is 10.0 Å². The van der Waals surface area contributed by atoms with E-state index in [0.29, 0.717) is 54.1 Å². The van der Waals surface area contributed by atoms with E-state index in [0.717, 1.165) is 11.1 Å². The number of nitrogens with zero attached hydrogens (tertiary/aromatic N) is 2. The van der Waals surface area contributed by atoms with Crippen LogP contribution in [-0.2, 0) is 26.1 Å². The second-order valence-corrected chi connectivity index (χ2v) is 11.7. The topological polar surface area (TPSA) is 76.2 Å². The zero-order chi connectivity index (χ0) is 24.8. The summed E-state index contributed by atoms with van der Waals surface area (Å²) >= 11 is 7.33. The number of carbonyl (C=O) groups excluding carboxylic acids is 1. The van der Waals surface area contributed by atoms with Crippen LogP contribution in [0.4, 0.5) is 0 Å². The summed E-state index contributed by atoms with van der Waals surface area (Å²) in [7, 11) is -2.08. The van der Waals surface area contributed by atoms with E-state index >= 15 is 0 Å². The number of piperazine rings is 1. The zero-order valence-corrected chi connectivity index (χ0v) is 21.7. The van der Waals surface area contributed by atoms with Crippen LogP contribution in [0.3, 0.4) is 0 Å². The third-order valence-electron chi connectivity index (χ3n) is 5.91. The molecule has 0 saturated carbocycles. The van der Waals surface area contributed by atoms with Gasteiger partial charge < -0.3 is 9.47 Å². The lowest BCUT2D eigenvalue weighted by Gasteiger charge is -2.35. The molecule has 0 N–H and O–H groups in total. The van der Waals surface area contributed by atoms with E-state index in [2.05, 4.69) is 4.90 Å². The minimum atomic E-state index is -3.44. The van der Waals surface area contributed by atoms with E-state index in [-0.39, 0.29) is 12.1 Å². The fourth-order valence-electron chi connectivity index (χ4n) is 3.91. The molecular formula is C25H27ClN2O5S2. The number of hydrogen-bond acceptors (Lipinski definition) is 7. The van der Waals surface area contributed by atoms with Gasteiger partial charge in [0.1, 0.15) is 4.21 Å². The highest BCUT2D eigenvalue weighted by molar-refractivity contribution is 7.91. The zero-order valence-electron chi connectivity index (χ0n) is 19.3. The maximum Gasteiger partial charge on any atom is 0.337 e. The summed E-state index contributed by atoms with van der Waals surface area (Å²) in [4.78, 5) is 13.9. The van der Waals surface area contributed by atoms with Crippen molar-refractivity contribution in [1.82, 2.24) is 9.21 Å². The van der Waals surface area contributed by atoms with Crippen molar-refractivity contribution in [3.63, 3.8) is 0 Å². The molecule has 1 saturated heterocycles. The first-order chi connectivity index (χ1) is 16.9. The fraction of sp³-hybridized carbons (Fsp3) is 0.320. The first kappa shape index (κ1) is 25.8. The number of rotatable bonds is 9. The van der Waals surface area contributed by atoms with Gasteiger partial charge in [-0.2, -0.15) is 4.31 Å². The third-order valence-corrected chi connectivity index (χ3v) is 9.44. The largest absolute Gasteiger partial charge is 0.465 e. The fourth-order valence-corrected chi connectivity index (χ4v) is 6.60. The average Bonchev–Trinajstić information content (AvgIpc) is 3.43. The highest BCUT2D eigenvalue weighted by Crippen LogP contribution is 2.25. The normalized spacial score (nSPS) is 16.2. The molecule has 0 amide bonds. The Morgan fingerprint density at radius 3 is 2.31 bits per heavy atom. The maximum atomic E-state index is 12.8. The van der Waals surface area contributed by atoms with Crippen LogP contribution in [0, 0.1) is 0 Å². The van der Waals surface area contributed by atoms with Crippen molar-refractivity contribution in [1.29, 1.82) is 0 Å². The van der Waals surface area contributed by atoms with Gasteiger partial charge in [-0.1, -0.05) is 41.9 Å². The quantitative estimate of drug-likeness (QED) is 0.377. The highest BCUT2D eigenvalue weighted by atomic mass is 35.5. The maximum absolute atomic E-state index is 12.8. The summed E-state index contributed by atoms with van der Waals surface area (Å²) < 4.78 is 38.6. The van der Waals surface area contributed by atoms with E-state index in [1.165, 1.54) is 18.4 Å². The van der Waals surface area contributed by atoms with Crippen LogP contribution in [0.1, 0.15) is 27.6 Å². The molecule has 1 unspecified atom stereocenters. The van der Waals surface area contributed by atoms with Gasteiger partial charge in [-0.3, -0.25) is 4.90 Å². The average molecular weight is 535 g/mol. The second kappa shape index (κ2) is 11.6. The number of hydrogen-bond donors (Lipinski definition) is 0. The predicted molar refractivity (Wildman–Crippen MR) is 136 cm³/mol. The molecule has 1 fully saturated rings. The highest BCUT2D eigenvalue weighted by Gasteiger charge is 2.30. The molecule has 0 radical (unpaired) electrons. The van der Waals surface area contributed by atoms with Gasteiger partial charge in [-0.15, -0.1) is 11.3 Å². The molecule has 3 aromatic rings. The van der Waals surface area contributed by atoms with Crippen molar-refractivity contribution in [2.24, 2.45) is 0 Å². The number of halogens is 1. The van der Waals surface area contributed by atoms with Gasteiger partial charge in [0.2, 0.25) is 0 Å². The first-order valence-electron chi connectivity index (χ1n) is 11.2. The summed E-state index contributed by atoms with van der Waals surface area (Å²) in [5.41, 5.74) is 2.42. The van der Waals surface area contributed by atoms with E-state index in [4.69, 9.17) is 21.1 Å². The van der Waals surface area contributed by atoms with Gasteiger partial charge in [-0.05, 0) is 46.8 Å². The summed E-state index contributed by atoms with van der Waals surface area (Å²) in [5.74, 6) is -0.378. The molecule has 0 bridgehead atoms. The number of thiophene rings is 1. The minimum absolute atomic E-state index is 0.229. The molecule has 2 heterocycles. The van der Waals surface area contributed by atoms with Crippen molar-refractivity contribution >= 4 is 38.9 Å². The number of carbonyl (C=O) groups is 1. The van der Waals surface area contributed by atoms with Gasteiger partial charge in [0, 0.05) is 37.7 Å². The molecule has 0 spiro atoms. The molecule has 4 rings (SSSR count). The van der Waals surface area contributed by atoms with E-state index in [1.54, 1.807) is 34.0 Å². The van der Waals surface area contributed by atoms with Crippen molar-refractivity contribution in [2.75, 3.05) is 39.8 Å². The van der Waals surface area contributed by atoms with E-state index in [1.807, 2.05) is 36.4 Å². The van der Waals surface area contributed by atoms with Gasteiger partial charge >= 0.3 is 5.97 Å². The van der Waals surface area contributed by atoms with Crippen molar-refractivity contribution in [3.05, 3.63) is 87.8 Å². The molecule has 186 valence electrons. The van der Waals surface area contributed by atoms with E-state index < -0.39 is 10.0 Å². The van der Waals surface area contributed by atoms with Crippen LogP contribution in [-0.4, -0.2) is 63.4 Å². The van der Waals surface area contributed by atoms with Crippen LogP contribution >= 0.6 is 22.9 Å².